The van der Waals surface area contributed by atoms with E-state index in [0.717, 1.165) is 108 Å². The van der Waals surface area contributed by atoms with Gasteiger partial charge in [0.15, 0.2) is 12.2 Å². The van der Waals surface area contributed by atoms with Crippen LogP contribution in [0.25, 0.3) is 0 Å². The van der Waals surface area contributed by atoms with Gasteiger partial charge in [0.05, 0.1) is 26.4 Å². The first kappa shape index (κ1) is 89.1. The van der Waals surface area contributed by atoms with Gasteiger partial charge in [0, 0.05) is 25.7 Å². The number of aliphatic hydroxyl groups excluding tert-OH is 1. The summed E-state index contributed by atoms with van der Waals surface area (Å²) < 4.78 is 68.3. The van der Waals surface area contributed by atoms with Gasteiger partial charge in [0.2, 0.25) is 0 Å². The highest BCUT2D eigenvalue weighted by molar-refractivity contribution is 7.47. The number of esters is 4. The molecule has 0 rings (SSSR count). The molecule has 0 bridgehead atoms. The van der Waals surface area contributed by atoms with Crippen molar-refractivity contribution in [2.24, 2.45) is 11.8 Å². The van der Waals surface area contributed by atoms with E-state index in [0.29, 0.717) is 25.7 Å². The molecule has 0 amide bonds. The number of aliphatic hydroxyl groups is 1. The van der Waals surface area contributed by atoms with Gasteiger partial charge in [-0.1, -0.05) is 318 Å². The highest BCUT2D eigenvalue weighted by atomic mass is 31.2. The lowest BCUT2D eigenvalue weighted by atomic mass is 10.00. The number of carbonyl (C=O) groups excluding carboxylic acids is 4. The standard InChI is InChI=1S/C72H140O17P2/c1-7-10-12-14-16-18-19-20-21-22-23-24-25-26-27-28-33-37-44-50-56-71(76)88-67(60-83-70(75)55-49-43-36-32-30-29-31-34-40-46-52-64(4)5)62-86-90(78,79)84-58-66(73)59-85-91(80,81)87-63-68(61-82-69(74)54-48-42-35-17-15-13-11-8-2)89-72(77)57-51-45-39-38-41-47-53-65(6)9-3/h64-68,73H,7-63H2,1-6H3,(H,78,79)(H,80,81)/t65?,66-,67-,68-/m1/s1. The van der Waals surface area contributed by atoms with Crippen LogP contribution >= 0.6 is 15.6 Å². The van der Waals surface area contributed by atoms with Gasteiger partial charge in [-0.15, -0.1) is 0 Å². The Bertz CT molecular complexity index is 1770. The molecule has 3 N–H and O–H groups in total. The molecule has 0 aromatic carbocycles. The minimum atomic E-state index is -4.95. The van der Waals surface area contributed by atoms with Crippen molar-refractivity contribution >= 4 is 39.5 Å². The summed E-state index contributed by atoms with van der Waals surface area (Å²) in [6, 6.07) is 0. The Morgan fingerprint density at radius 3 is 0.835 bits per heavy atom. The second-order valence-electron chi connectivity index (χ2n) is 26.7. The second-order valence-corrected chi connectivity index (χ2v) is 29.6. The Balaban J connectivity index is 5.18. The molecule has 0 aliphatic rings. The number of phosphoric acid groups is 2. The Labute approximate surface area is 556 Å². The van der Waals surface area contributed by atoms with Crippen LogP contribution in [0.1, 0.15) is 369 Å². The number of unbranched alkanes of at least 4 members (excludes halogenated alkanes) is 40. The third kappa shape index (κ3) is 65.1. The molecule has 3 unspecified atom stereocenters. The van der Waals surface area contributed by atoms with Gasteiger partial charge >= 0.3 is 39.5 Å². The van der Waals surface area contributed by atoms with Crippen molar-refractivity contribution in [1.82, 2.24) is 0 Å². The van der Waals surface area contributed by atoms with Crippen molar-refractivity contribution in [3.63, 3.8) is 0 Å². The van der Waals surface area contributed by atoms with Gasteiger partial charge in [-0.3, -0.25) is 37.3 Å². The van der Waals surface area contributed by atoms with Crippen LogP contribution in [0.5, 0.6) is 0 Å². The Hall–Kier alpha value is -1.94. The average molecular weight is 1340 g/mol. The van der Waals surface area contributed by atoms with E-state index in [2.05, 4.69) is 41.5 Å². The first-order valence-corrected chi connectivity index (χ1v) is 40.5. The number of hydrogen-bond acceptors (Lipinski definition) is 15. The van der Waals surface area contributed by atoms with Crippen molar-refractivity contribution in [2.75, 3.05) is 39.6 Å². The molecule has 0 aromatic heterocycles. The topological polar surface area (TPSA) is 237 Å². The molecule has 0 aliphatic carbocycles. The fourth-order valence-electron chi connectivity index (χ4n) is 10.9. The average Bonchev–Trinajstić information content (AvgIpc) is 3.40. The lowest BCUT2D eigenvalue weighted by Crippen LogP contribution is -2.30. The van der Waals surface area contributed by atoms with Crippen LogP contribution in [0.15, 0.2) is 0 Å². The van der Waals surface area contributed by atoms with E-state index in [1.54, 1.807) is 0 Å². The maximum absolute atomic E-state index is 13.0. The number of hydrogen-bond donors (Lipinski definition) is 3. The maximum atomic E-state index is 13.0. The SMILES string of the molecule is CCCCCCCCCCCCCCCCCCCCCCC(=O)O[C@H](COC(=O)CCCCCCCCCCCCC(C)C)COP(=O)(O)OC[C@@H](O)COP(=O)(O)OC[C@@H](COC(=O)CCCCCCCCCC)OC(=O)CCCCCCCCC(C)CC. The van der Waals surface area contributed by atoms with Crippen molar-refractivity contribution in [3.05, 3.63) is 0 Å². The molecule has 91 heavy (non-hydrogen) atoms. The summed E-state index contributed by atoms with van der Waals surface area (Å²) in [6.45, 7) is 9.48. The van der Waals surface area contributed by atoms with Crippen LogP contribution in [0.4, 0.5) is 0 Å². The van der Waals surface area contributed by atoms with E-state index in [9.17, 15) is 43.2 Å². The van der Waals surface area contributed by atoms with Crippen molar-refractivity contribution < 1.29 is 80.2 Å². The highest BCUT2D eigenvalue weighted by Gasteiger charge is 2.30. The van der Waals surface area contributed by atoms with Crippen LogP contribution in [0.3, 0.4) is 0 Å². The molecule has 0 aromatic rings. The van der Waals surface area contributed by atoms with Crippen molar-refractivity contribution in [2.45, 2.75) is 387 Å². The molecule has 17 nitrogen and oxygen atoms in total. The summed E-state index contributed by atoms with van der Waals surface area (Å²) in [6.07, 6.45) is 50.2. The number of ether oxygens (including phenoxy) is 4. The molecule has 540 valence electrons. The molecule has 0 fully saturated rings. The van der Waals surface area contributed by atoms with E-state index in [-0.39, 0.29) is 25.7 Å². The molecular formula is C72H140O17P2. The number of carbonyl (C=O) groups is 4. The summed E-state index contributed by atoms with van der Waals surface area (Å²) in [7, 11) is -9.90. The molecule has 0 radical (unpaired) electrons. The zero-order valence-electron chi connectivity index (χ0n) is 59.1. The second kappa shape index (κ2) is 64.1. The summed E-state index contributed by atoms with van der Waals surface area (Å²) in [4.78, 5) is 72.5. The monoisotopic (exact) mass is 1340 g/mol. The quantitative estimate of drug-likeness (QED) is 0.0222. The predicted octanol–water partition coefficient (Wildman–Crippen LogP) is 20.8. The highest BCUT2D eigenvalue weighted by Crippen LogP contribution is 2.45. The van der Waals surface area contributed by atoms with Crippen molar-refractivity contribution in [1.29, 1.82) is 0 Å². The van der Waals surface area contributed by atoms with Gasteiger partial charge < -0.3 is 33.8 Å². The molecule has 0 heterocycles. The fourth-order valence-corrected chi connectivity index (χ4v) is 12.5. The minimum Gasteiger partial charge on any atom is -0.462 e. The molecule has 0 spiro atoms. The lowest BCUT2D eigenvalue weighted by molar-refractivity contribution is -0.161. The van der Waals surface area contributed by atoms with E-state index >= 15 is 0 Å². The van der Waals surface area contributed by atoms with Gasteiger partial charge in [-0.25, -0.2) is 9.13 Å². The summed E-state index contributed by atoms with van der Waals surface area (Å²) in [5, 5.41) is 10.6. The van der Waals surface area contributed by atoms with Crippen molar-refractivity contribution in [3.8, 4) is 0 Å². The predicted molar refractivity (Wildman–Crippen MR) is 368 cm³/mol. The van der Waals surface area contributed by atoms with Crippen LogP contribution in [-0.2, 0) is 65.4 Å². The molecule has 0 aliphatic heterocycles. The van der Waals surface area contributed by atoms with Crippen LogP contribution < -0.4 is 0 Å². The van der Waals surface area contributed by atoms with Crippen LogP contribution in [0, 0.1) is 11.8 Å². The Morgan fingerprint density at radius 2 is 0.560 bits per heavy atom. The van der Waals surface area contributed by atoms with E-state index in [1.165, 1.54) is 180 Å². The maximum Gasteiger partial charge on any atom is 0.472 e. The van der Waals surface area contributed by atoms with E-state index in [4.69, 9.17) is 37.0 Å². The smallest absolute Gasteiger partial charge is 0.462 e. The number of rotatable bonds is 71. The summed E-state index contributed by atoms with van der Waals surface area (Å²) in [5.41, 5.74) is 0. The third-order valence-corrected chi connectivity index (χ3v) is 19.0. The molecule has 19 heteroatoms. The molecule has 6 atom stereocenters. The minimum absolute atomic E-state index is 0.103. The molecule has 0 saturated carbocycles. The summed E-state index contributed by atoms with van der Waals surface area (Å²) in [5.74, 6) is -0.649. The van der Waals surface area contributed by atoms with Gasteiger partial charge in [-0.05, 0) is 37.5 Å². The Morgan fingerprint density at radius 1 is 0.319 bits per heavy atom. The molecular weight excluding hydrogens is 1200 g/mol. The molecule has 0 saturated heterocycles. The van der Waals surface area contributed by atoms with Crippen LogP contribution in [0.2, 0.25) is 0 Å². The zero-order chi connectivity index (χ0) is 67.2. The zero-order valence-corrected chi connectivity index (χ0v) is 60.9. The van der Waals surface area contributed by atoms with E-state index in [1.807, 2.05) is 0 Å². The Kier molecular flexibility index (Phi) is 62.7. The normalized spacial score (nSPS) is 14.4. The first-order chi connectivity index (χ1) is 43.9. The van der Waals surface area contributed by atoms with Gasteiger partial charge in [0.25, 0.3) is 0 Å². The largest absolute Gasteiger partial charge is 0.472 e. The van der Waals surface area contributed by atoms with E-state index < -0.39 is 97.5 Å². The lowest BCUT2D eigenvalue weighted by Gasteiger charge is -2.21. The van der Waals surface area contributed by atoms with Gasteiger partial charge in [-0.2, -0.15) is 0 Å². The number of phosphoric ester groups is 2. The van der Waals surface area contributed by atoms with Gasteiger partial charge in [0.1, 0.15) is 19.3 Å². The summed E-state index contributed by atoms with van der Waals surface area (Å²) >= 11 is 0. The third-order valence-electron chi connectivity index (χ3n) is 17.1. The fraction of sp³-hybridized carbons (Fsp3) is 0.944. The van der Waals surface area contributed by atoms with Crippen LogP contribution in [-0.4, -0.2) is 96.7 Å². The first-order valence-electron chi connectivity index (χ1n) is 37.5.